The van der Waals surface area contributed by atoms with Crippen molar-refractivity contribution in [1.29, 1.82) is 0 Å². The summed E-state index contributed by atoms with van der Waals surface area (Å²) in [6.45, 7) is 6.24. The molecule has 32 heavy (non-hydrogen) atoms. The number of carbonyl (C=O) groups is 1. The number of halogens is 2. The second-order valence-corrected chi connectivity index (χ2v) is 9.86. The Bertz CT molecular complexity index is 900. The van der Waals surface area contributed by atoms with Gasteiger partial charge in [0.2, 0.25) is 0 Å². The van der Waals surface area contributed by atoms with Crippen LogP contribution >= 0.6 is 0 Å². The molecule has 1 aliphatic heterocycles. The number of piperidine rings is 1. The van der Waals surface area contributed by atoms with Crippen LogP contribution in [0.3, 0.4) is 0 Å². The first-order valence-corrected chi connectivity index (χ1v) is 11.1. The van der Waals surface area contributed by atoms with Crippen molar-refractivity contribution in [2.75, 3.05) is 13.1 Å². The molecule has 0 spiro atoms. The summed E-state index contributed by atoms with van der Waals surface area (Å²) in [5, 5.41) is 7.19. The van der Waals surface area contributed by atoms with Gasteiger partial charge in [-0.25, -0.2) is 23.2 Å². The van der Waals surface area contributed by atoms with Gasteiger partial charge in [-0.15, -0.1) is 0 Å². The van der Waals surface area contributed by atoms with E-state index in [9.17, 15) is 13.6 Å². The molecule has 1 saturated carbocycles. The van der Waals surface area contributed by atoms with Gasteiger partial charge in [-0.3, -0.25) is 4.90 Å². The van der Waals surface area contributed by atoms with E-state index < -0.39 is 17.9 Å². The summed E-state index contributed by atoms with van der Waals surface area (Å²) < 4.78 is 35.4. The molecule has 1 N–H and O–H groups in total. The molecular formula is C23H31F2N5O2. The number of alkyl halides is 1. The van der Waals surface area contributed by atoms with Crippen LogP contribution in [-0.4, -0.2) is 62.7 Å². The standard InChI is InChI=1S/C23H31F2N5O2/c1-23(2,3)32-22(31)28-19-10-18(25)11-29(12-19)20-8-16(15-4-6-17(24)7-5-15)9-21(20)30-14-26-13-27-30/h4-7,13-14,16,18-21H,8-12H2,1-3H3,(H,28,31)/t16-,18-,19-,20+,21+/m1/s1. The third kappa shape index (κ3) is 5.43. The zero-order chi connectivity index (χ0) is 22.9. The molecule has 7 nitrogen and oxygen atoms in total. The molecule has 1 aromatic heterocycles. The van der Waals surface area contributed by atoms with Crippen LogP contribution in [0.1, 0.15) is 57.6 Å². The zero-order valence-corrected chi connectivity index (χ0v) is 18.7. The first-order valence-electron chi connectivity index (χ1n) is 11.1. The third-order valence-corrected chi connectivity index (χ3v) is 6.23. The SMILES string of the molecule is CC(C)(C)OC(=O)N[C@@H]1C[C@@H](F)CN([C@H]2C[C@@H](c3ccc(F)cc3)C[C@@H]2n2cncn2)C1. The van der Waals surface area contributed by atoms with Gasteiger partial charge in [0.1, 0.15) is 30.2 Å². The zero-order valence-electron chi connectivity index (χ0n) is 18.7. The van der Waals surface area contributed by atoms with E-state index in [1.807, 2.05) is 16.8 Å². The van der Waals surface area contributed by atoms with E-state index in [4.69, 9.17) is 4.74 Å². The van der Waals surface area contributed by atoms with Crippen LogP contribution in [0.5, 0.6) is 0 Å². The summed E-state index contributed by atoms with van der Waals surface area (Å²) in [6, 6.07) is 6.30. The fourth-order valence-corrected chi connectivity index (χ4v) is 4.99. The van der Waals surface area contributed by atoms with E-state index in [1.54, 1.807) is 27.1 Å². The van der Waals surface area contributed by atoms with E-state index in [2.05, 4.69) is 20.3 Å². The quantitative estimate of drug-likeness (QED) is 0.771. The van der Waals surface area contributed by atoms with Gasteiger partial charge in [0.15, 0.2) is 0 Å². The number of carbonyl (C=O) groups excluding carboxylic acids is 1. The summed E-state index contributed by atoms with van der Waals surface area (Å²) in [7, 11) is 0. The normalized spacial score (nSPS) is 29.1. The Balaban J connectivity index is 1.51. The maximum atomic E-state index is 14.7. The second-order valence-electron chi connectivity index (χ2n) is 9.86. The van der Waals surface area contributed by atoms with Crippen molar-refractivity contribution in [2.24, 2.45) is 0 Å². The molecule has 2 fully saturated rings. The summed E-state index contributed by atoms with van der Waals surface area (Å²) in [4.78, 5) is 18.5. The lowest BCUT2D eigenvalue weighted by Crippen LogP contribution is -2.55. The molecule has 5 atom stereocenters. The van der Waals surface area contributed by atoms with E-state index in [0.717, 1.165) is 18.4 Å². The Kier molecular flexibility index (Phi) is 6.46. The Hall–Kier alpha value is -2.55. The maximum absolute atomic E-state index is 14.7. The smallest absolute Gasteiger partial charge is 0.407 e. The van der Waals surface area contributed by atoms with Crippen LogP contribution in [0, 0.1) is 5.82 Å². The molecule has 1 aliphatic carbocycles. The van der Waals surface area contributed by atoms with Crippen LogP contribution in [0.15, 0.2) is 36.9 Å². The highest BCUT2D eigenvalue weighted by atomic mass is 19.1. The lowest BCUT2D eigenvalue weighted by atomic mass is 9.96. The van der Waals surface area contributed by atoms with Gasteiger partial charge >= 0.3 is 6.09 Å². The number of aromatic nitrogens is 3. The molecule has 4 rings (SSSR count). The monoisotopic (exact) mass is 447 g/mol. The van der Waals surface area contributed by atoms with Gasteiger partial charge in [0.05, 0.1) is 6.04 Å². The molecule has 1 amide bonds. The molecule has 1 aromatic carbocycles. The highest BCUT2D eigenvalue weighted by Gasteiger charge is 2.43. The Morgan fingerprint density at radius 2 is 1.84 bits per heavy atom. The van der Waals surface area contributed by atoms with Crippen molar-refractivity contribution in [2.45, 2.75) is 75.8 Å². The van der Waals surface area contributed by atoms with Gasteiger partial charge in [-0.05, 0) is 57.2 Å². The first-order chi connectivity index (χ1) is 15.2. The minimum atomic E-state index is -1.05. The van der Waals surface area contributed by atoms with Crippen molar-refractivity contribution < 1.29 is 18.3 Å². The predicted molar refractivity (Wildman–Crippen MR) is 115 cm³/mol. The third-order valence-electron chi connectivity index (χ3n) is 6.23. The number of nitrogens with zero attached hydrogens (tertiary/aromatic N) is 4. The van der Waals surface area contributed by atoms with Crippen LogP contribution in [0.2, 0.25) is 0 Å². The van der Waals surface area contributed by atoms with E-state index in [0.29, 0.717) is 13.1 Å². The number of hydrogen-bond donors (Lipinski definition) is 1. The van der Waals surface area contributed by atoms with Crippen LogP contribution in [0.4, 0.5) is 13.6 Å². The molecule has 0 unspecified atom stereocenters. The van der Waals surface area contributed by atoms with Crippen molar-refractivity contribution in [3.8, 4) is 0 Å². The molecule has 0 radical (unpaired) electrons. The number of ether oxygens (including phenoxy) is 1. The number of hydrogen-bond acceptors (Lipinski definition) is 5. The lowest BCUT2D eigenvalue weighted by molar-refractivity contribution is 0.0341. The molecule has 2 aliphatic rings. The second kappa shape index (κ2) is 9.13. The van der Waals surface area contributed by atoms with E-state index in [-0.39, 0.29) is 36.3 Å². The van der Waals surface area contributed by atoms with Gasteiger partial charge in [0, 0.05) is 31.6 Å². The lowest BCUT2D eigenvalue weighted by Gasteiger charge is -2.40. The van der Waals surface area contributed by atoms with Crippen molar-refractivity contribution in [3.05, 3.63) is 48.3 Å². The highest BCUT2D eigenvalue weighted by molar-refractivity contribution is 5.68. The average molecular weight is 448 g/mol. The van der Waals surface area contributed by atoms with Crippen LogP contribution < -0.4 is 5.32 Å². The maximum Gasteiger partial charge on any atom is 0.407 e. The fourth-order valence-electron chi connectivity index (χ4n) is 4.99. The summed E-state index contributed by atoms with van der Waals surface area (Å²) in [5.41, 5.74) is 0.454. The van der Waals surface area contributed by atoms with Crippen molar-refractivity contribution in [3.63, 3.8) is 0 Å². The van der Waals surface area contributed by atoms with Crippen molar-refractivity contribution in [1.82, 2.24) is 25.0 Å². The molecule has 174 valence electrons. The Morgan fingerprint density at radius 3 is 2.50 bits per heavy atom. The Labute approximate surface area is 187 Å². The number of benzene rings is 1. The van der Waals surface area contributed by atoms with E-state index in [1.165, 1.54) is 18.5 Å². The molecule has 9 heteroatoms. The predicted octanol–water partition coefficient (Wildman–Crippen LogP) is 3.84. The minimum Gasteiger partial charge on any atom is -0.444 e. The molecule has 0 bridgehead atoms. The highest BCUT2D eigenvalue weighted by Crippen LogP contribution is 2.44. The van der Waals surface area contributed by atoms with Gasteiger partial charge < -0.3 is 10.1 Å². The minimum absolute atomic E-state index is 0.0139. The summed E-state index contributed by atoms with van der Waals surface area (Å²) in [5.74, 6) is -0.0597. The molecular weight excluding hydrogens is 416 g/mol. The number of alkyl carbamates (subject to hydrolysis) is 1. The van der Waals surface area contributed by atoms with Gasteiger partial charge in [-0.1, -0.05) is 12.1 Å². The Morgan fingerprint density at radius 1 is 1.12 bits per heavy atom. The van der Waals surface area contributed by atoms with Crippen LogP contribution in [0.25, 0.3) is 0 Å². The molecule has 2 aromatic rings. The number of likely N-dealkylation sites (tertiary alicyclic amines) is 1. The average Bonchev–Trinajstić information content (AvgIpc) is 3.36. The largest absolute Gasteiger partial charge is 0.444 e. The van der Waals surface area contributed by atoms with Crippen molar-refractivity contribution >= 4 is 6.09 Å². The topological polar surface area (TPSA) is 72.3 Å². The number of amides is 1. The van der Waals surface area contributed by atoms with Gasteiger partial charge in [-0.2, -0.15) is 5.10 Å². The van der Waals surface area contributed by atoms with Gasteiger partial charge in [0.25, 0.3) is 0 Å². The summed E-state index contributed by atoms with van der Waals surface area (Å²) in [6.07, 6.45) is 3.48. The number of nitrogens with one attached hydrogen (secondary N) is 1. The summed E-state index contributed by atoms with van der Waals surface area (Å²) >= 11 is 0. The van der Waals surface area contributed by atoms with Crippen LogP contribution in [-0.2, 0) is 4.74 Å². The number of rotatable bonds is 4. The molecule has 1 saturated heterocycles. The fraction of sp³-hybridized carbons (Fsp3) is 0.609. The molecule has 2 heterocycles. The van der Waals surface area contributed by atoms with E-state index >= 15 is 0 Å². The first kappa shape index (κ1) is 22.6.